The predicted octanol–water partition coefficient (Wildman–Crippen LogP) is 2.87. The summed E-state index contributed by atoms with van der Waals surface area (Å²) in [6, 6.07) is 9.32. The number of benzene rings is 1. The molecule has 1 aliphatic rings. The topological polar surface area (TPSA) is 88.2 Å². The van der Waals surface area contributed by atoms with E-state index in [1.165, 1.54) is 17.1 Å². The molecule has 0 unspecified atom stereocenters. The highest BCUT2D eigenvalue weighted by molar-refractivity contribution is 5.97. The molecule has 0 spiro atoms. The molecule has 1 aliphatic heterocycles. The monoisotopic (exact) mass is 416 g/mol. The molecular weight excluding hydrogens is 396 g/mol. The van der Waals surface area contributed by atoms with E-state index < -0.39 is 0 Å². The summed E-state index contributed by atoms with van der Waals surface area (Å²) < 4.78 is 14.3. The number of ether oxygens (including phenoxy) is 2. The van der Waals surface area contributed by atoms with Gasteiger partial charge in [-0.15, -0.1) is 0 Å². The Kier molecular flexibility index (Phi) is 4.54. The van der Waals surface area contributed by atoms with Gasteiger partial charge < -0.3 is 14.0 Å². The average molecular weight is 416 g/mol. The fourth-order valence-corrected chi connectivity index (χ4v) is 3.91. The van der Waals surface area contributed by atoms with Crippen LogP contribution < -0.4 is 15.0 Å². The Morgan fingerprint density at radius 1 is 1.13 bits per heavy atom. The summed E-state index contributed by atoms with van der Waals surface area (Å²) in [6.07, 6.45) is 4.48. The molecule has 0 bridgehead atoms. The Labute approximate surface area is 177 Å². The summed E-state index contributed by atoms with van der Waals surface area (Å²) in [6.45, 7) is 4.65. The highest BCUT2D eigenvalue weighted by Gasteiger charge is 2.19. The highest BCUT2D eigenvalue weighted by atomic mass is 16.7. The largest absolute Gasteiger partial charge is 0.454 e. The summed E-state index contributed by atoms with van der Waals surface area (Å²) >= 11 is 0. The van der Waals surface area contributed by atoms with Gasteiger partial charge in [-0.05, 0) is 43.7 Å². The number of fused-ring (bicyclic) bond motifs is 2. The molecule has 0 saturated carbocycles. The van der Waals surface area contributed by atoms with Crippen molar-refractivity contribution >= 4 is 16.7 Å². The Bertz CT molecular complexity index is 1390. The molecule has 8 heteroatoms. The molecule has 0 N–H and O–H groups in total. The first kappa shape index (κ1) is 19.0. The first-order valence-corrected chi connectivity index (χ1v) is 9.89. The van der Waals surface area contributed by atoms with Crippen molar-refractivity contribution in [3.8, 4) is 11.5 Å². The molecule has 156 valence electrons. The summed E-state index contributed by atoms with van der Waals surface area (Å²) in [7, 11) is 0. The van der Waals surface area contributed by atoms with Crippen LogP contribution in [0.2, 0.25) is 0 Å². The van der Waals surface area contributed by atoms with Crippen LogP contribution in [0, 0.1) is 13.8 Å². The number of carbonyl (C=O) groups excluding carboxylic acids is 1. The zero-order valence-corrected chi connectivity index (χ0v) is 17.2. The van der Waals surface area contributed by atoms with E-state index in [2.05, 4.69) is 14.5 Å². The molecule has 31 heavy (non-hydrogen) atoms. The maximum absolute atomic E-state index is 13.0. The molecule has 4 heterocycles. The average Bonchev–Trinajstić information content (AvgIpc) is 3.35. The number of nitrogens with zero attached hydrogens (tertiary/aromatic N) is 4. The standard InChI is InChI=1S/C23H20N4O4/c1-14-7-18(15(2)27(14)10-16-3-4-21-22(8-16)31-13-30-21)20(28)11-26-12-25-19-9-24-6-5-17(19)23(26)29/h3-9,12H,10-11,13H2,1-2H3. The quantitative estimate of drug-likeness (QED) is 0.465. The Hall–Kier alpha value is -3.94. The number of aryl methyl sites for hydroxylation is 1. The normalized spacial score (nSPS) is 12.5. The van der Waals surface area contributed by atoms with Crippen LogP contribution in [0.25, 0.3) is 10.9 Å². The van der Waals surface area contributed by atoms with Crippen molar-refractivity contribution in [3.63, 3.8) is 0 Å². The lowest BCUT2D eigenvalue weighted by molar-refractivity contribution is 0.0970. The zero-order valence-electron chi connectivity index (χ0n) is 17.2. The van der Waals surface area contributed by atoms with E-state index in [9.17, 15) is 9.59 Å². The zero-order chi connectivity index (χ0) is 21.5. The van der Waals surface area contributed by atoms with E-state index in [0.29, 0.717) is 23.0 Å². The number of hydrogen-bond acceptors (Lipinski definition) is 6. The molecule has 8 nitrogen and oxygen atoms in total. The summed E-state index contributed by atoms with van der Waals surface area (Å²) in [4.78, 5) is 34.0. The van der Waals surface area contributed by atoms with Crippen molar-refractivity contribution < 1.29 is 14.3 Å². The third-order valence-electron chi connectivity index (χ3n) is 5.59. The number of ketones is 1. The minimum Gasteiger partial charge on any atom is -0.454 e. The fourth-order valence-electron chi connectivity index (χ4n) is 3.91. The highest BCUT2D eigenvalue weighted by Crippen LogP contribution is 2.33. The van der Waals surface area contributed by atoms with E-state index in [4.69, 9.17) is 9.47 Å². The van der Waals surface area contributed by atoms with Gasteiger partial charge in [0.1, 0.15) is 0 Å². The second kappa shape index (κ2) is 7.39. The molecule has 0 radical (unpaired) electrons. The molecular formula is C23H20N4O4. The number of hydrogen-bond donors (Lipinski definition) is 0. The molecule has 4 aromatic rings. The smallest absolute Gasteiger partial charge is 0.261 e. The number of pyridine rings is 1. The first-order chi connectivity index (χ1) is 15.0. The molecule has 5 rings (SSSR count). The Balaban J connectivity index is 1.42. The van der Waals surface area contributed by atoms with Gasteiger partial charge in [0.25, 0.3) is 5.56 Å². The Morgan fingerprint density at radius 2 is 1.97 bits per heavy atom. The lowest BCUT2D eigenvalue weighted by Crippen LogP contribution is -2.25. The summed E-state index contributed by atoms with van der Waals surface area (Å²) in [5.74, 6) is 1.34. The van der Waals surface area contributed by atoms with E-state index in [-0.39, 0.29) is 24.7 Å². The number of rotatable bonds is 5. The second-order valence-electron chi connectivity index (χ2n) is 7.55. The van der Waals surface area contributed by atoms with Gasteiger partial charge in [-0.2, -0.15) is 0 Å². The van der Waals surface area contributed by atoms with Crippen LogP contribution in [0.1, 0.15) is 27.3 Å². The number of carbonyl (C=O) groups is 1. The van der Waals surface area contributed by atoms with Crippen LogP contribution in [0.15, 0.2) is 53.8 Å². The first-order valence-electron chi connectivity index (χ1n) is 9.89. The molecule has 0 atom stereocenters. The van der Waals surface area contributed by atoms with Gasteiger partial charge in [0, 0.05) is 29.7 Å². The van der Waals surface area contributed by atoms with Crippen LogP contribution in [0.3, 0.4) is 0 Å². The van der Waals surface area contributed by atoms with Crippen LogP contribution in [0.4, 0.5) is 0 Å². The SMILES string of the molecule is Cc1cc(C(=O)Cn2cnc3cnccc3c2=O)c(C)n1Cc1ccc2c(c1)OCO2. The van der Waals surface area contributed by atoms with Crippen molar-refractivity contribution in [3.05, 3.63) is 81.9 Å². The van der Waals surface area contributed by atoms with E-state index >= 15 is 0 Å². The van der Waals surface area contributed by atoms with E-state index in [0.717, 1.165) is 28.5 Å². The van der Waals surface area contributed by atoms with Crippen molar-refractivity contribution in [1.82, 2.24) is 19.1 Å². The lowest BCUT2D eigenvalue weighted by atomic mass is 10.1. The van der Waals surface area contributed by atoms with Crippen molar-refractivity contribution in [2.45, 2.75) is 26.9 Å². The maximum atomic E-state index is 13.0. The molecule has 1 aromatic carbocycles. The van der Waals surface area contributed by atoms with Crippen molar-refractivity contribution in [2.24, 2.45) is 0 Å². The number of aromatic nitrogens is 4. The van der Waals surface area contributed by atoms with Crippen LogP contribution in [0.5, 0.6) is 11.5 Å². The van der Waals surface area contributed by atoms with Gasteiger partial charge in [0.2, 0.25) is 6.79 Å². The van der Waals surface area contributed by atoms with Gasteiger partial charge in [-0.25, -0.2) is 4.98 Å². The van der Waals surface area contributed by atoms with E-state index in [1.807, 2.05) is 38.1 Å². The fraction of sp³-hybridized carbons (Fsp3) is 0.217. The van der Waals surface area contributed by atoms with Crippen LogP contribution in [-0.2, 0) is 13.1 Å². The third kappa shape index (κ3) is 3.35. The van der Waals surface area contributed by atoms with Crippen LogP contribution >= 0.6 is 0 Å². The maximum Gasteiger partial charge on any atom is 0.261 e. The molecule has 0 amide bonds. The third-order valence-corrected chi connectivity index (χ3v) is 5.59. The molecule has 0 aliphatic carbocycles. The Morgan fingerprint density at radius 3 is 2.84 bits per heavy atom. The molecule has 0 fully saturated rings. The van der Waals surface area contributed by atoms with Gasteiger partial charge >= 0.3 is 0 Å². The van der Waals surface area contributed by atoms with Gasteiger partial charge in [0.15, 0.2) is 17.3 Å². The van der Waals surface area contributed by atoms with Crippen molar-refractivity contribution in [2.75, 3.05) is 6.79 Å². The second-order valence-corrected chi connectivity index (χ2v) is 7.55. The molecule has 3 aromatic heterocycles. The molecule has 0 saturated heterocycles. The van der Waals surface area contributed by atoms with Crippen molar-refractivity contribution in [1.29, 1.82) is 0 Å². The van der Waals surface area contributed by atoms with Gasteiger partial charge in [-0.1, -0.05) is 6.07 Å². The number of Topliss-reactive ketones (excluding diaryl/α,β-unsaturated/α-hetero) is 1. The lowest BCUT2D eigenvalue weighted by Gasteiger charge is -2.11. The van der Waals surface area contributed by atoms with Gasteiger partial charge in [-0.3, -0.25) is 19.1 Å². The van der Waals surface area contributed by atoms with Gasteiger partial charge in [0.05, 0.1) is 30.0 Å². The summed E-state index contributed by atoms with van der Waals surface area (Å²) in [5.41, 5.74) is 3.72. The van der Waals surface area contributed by atoms with Crippen LogP contribution in [-0.4, -0.2) is 31.7 Å². The minimum absolute atomic E-state index is 0.0710. The predicted molar refractivity (Wildman–Crippen MR) is 114 cm³/mol. The minimum atomic E-state index is -0.255. The summed E-state index contributed by atoms with van der Waals surface area (Å²) in [5, 5.41) is 0.443. The van der Waals surface area contributed by atoms with E-state index in [1.54, 1.807) is 12.3 Å².